The molecule has 0 bridgehead atoms. The van der Waals surface area contributed by atoms with Crippen molar-refractivity contribution in [1.29, 1.82) is 0 Å². The Balaban J connectivity index is 1.78. The number of benzene rings is 2. The molecular formula is C19H13F3N4O2S. The lowest BCUT2D eigenvalue weighted by atomic mass is 10.2. The molecule has 0 spiro atoms. The Hall–Kier alpha value is -3.40. The van der Waals surface area contributed by atoms with Crippen molar-refractivity contribution in [3.8, 4) is 5.95 Å². The van der Waals surface area contributed by atoms with Crippen molar-refractivity contribution in [1.82, 2.24) is 14.5 Å². The first-order valence-corrected chi connectivity index (χ1v) is 9.82. The number of hydrogen-bond donors (Lipinski definition) is 1. The van der Waals surface area contributed by atoms with Gasteiger partial charge in [-0.3, -0.25) is 9.29 Å². The summed E-state index contributed by atoms with van der Waals surface area (Å²) < 4.78 is 67.7. The van der Waals surface area contributed by atoms with E-state index in [0.29, 0.717) is 5.52 Å². The zero-order valence-corrected chi connectivity index (χ0v) is 15.4. The Morgan fingerprint density at radius 3 is 2.21 bits per heavy atom. The van der Waals surface area contributed by atoms with Crippen LogP contribution in [0.4, 0.5) is 19.0 Å². The van der Waals surface area contributed by atoms with Gasteiger partial charge in [0.05, 0.1) is 16.0 Å². The Morgan fingerprint density at radius 2 is 1.55 bits per heavy atom. The maximum atomic E-state index is 12.8. The third-order valence-corrected chi connectivity index (χ3v) is 5.56. The second-order valence-corrected chi connectivity index (χ2v) is 7.78. The van der Waals surface area contributed by atoms with Gasteiger partial charge in [0.1, 0.15) is 5.82 Å². The van der Waals surface area contributed by atoms with E-state index in [1.54, 1.807) is 36.4 Å². The molecule has 6 nitrogen and oxygen atoms in total. The number of alkyl halides is 3. The number of fused-ring (bicyclic) bond motifs is 1. The Bertz CT molecular complexity index is 1270. The summed E-state index contributed by atoms with van der Waals surface area (Å²) in [5, 5.41) is 0.741. The van der Waals surface area contributed by atoms with E-state index in [9.17, 15) is 21.6 Å². The molecule has 4 rings (SSSR count). The van der Waals surface area contributed by atoms with Crippen molar-refractivity contribution < 1.29 is 21.6 Å². The molecule has 0 saturated heterocycles. The summed E-state index contributed by atoms with van der Waals surface area (Å²) in [4.78, 5) is 8.04. The van der Waals surface area contributed by atoms with Crippen molar-refractivity contribution in [3.05, 3.63) is 78.6 Å². The van der Waals surface area contributed by atoms with Crippen LogP contribution in [-0.4, -0.2) is 23.0 Å². The zero-order valence-electron chi connectivity index (χ0n) is 14.6. The maximum absolute atomic E-state index is 12.8. The van der Waals surface area contributed by atoms with Gasteiger partial charge in [0.15, 0.2) is 0 Å². The molecule has 0 amide bonds. The Labute approximate surface area is 163 Å². The van der Waals surface area contributed by atoms with Crippen LogP contribution in [0.3, 0.4) is 0 Å². The molecule has 2 heterocycles. The number of anilines is 1. The first kappa shape index (κ1) is 18.9. The summed E-state index contributed by atoms with van der Waals surface area (Å²) >= 11 is 0. The molecule has 0 aliphatic heterocycles. The molecule has 2 aromatic heterocycles. The molecule has 0 radical (unpaired) electrons. The summed E-state index contributed by atoms with van der Waals surface area (Å²) in [7, 11) is -4.15. The van der Waals surface area contributed by atoms with Gasteiger partial charge >= 0.3 is 6.18 Å². The van der Waals surface area contributed by atoms with Gasteiger partial charge in [-0.05, 0) is 42.5 Å². The van der Waals surface area contributed by atoms with Gasteiger partial charge < -0.3 is 0 Å². The number of nitrogens with one attached hydrogen (secondary N) is 1. The first-order valence-electron chi connectivity index (χ1n) is 8.34. The summed E-state index contributed by atoms with van der Waals surface area (Å²) in [5.74, 6) is 0.413. The average Bonchev–Trinajstić information content (AvgIpc) is 3.05. The number of nitrogens with zero attached hydrogens (tertiary/aromatic N) is 3. The predicted octanol–water partition coefficient (Wildman–Crippen LogP) is 4.24. The molecule has 0 saturated carbocycles. The molecular weight excluding hydrogens is 405 g/mol. The molecule has 4 aromatic rings. The predicted molar refractivity (Wildman–Crippen MR) is 101 cm³/mol. The van der Waals surface area contributed by atoms with E-state index in [1.165, 1.54) is 17.0 Å². The number of para-hydroxylation sites is 1. The summed E-state index contributed by atoms with van der Waals surface area (Å²) in [6.07, 6.45) is -1.51. The van der Waals surface area contributed by atoms with E-state index in [4.69, 9.17) is 0 Å². The van der Waals surface area contributed by atoms with Crippen LogP contribution in [0, 0.1) is 0 Å². The van der Waals surface area contributed by atoms with Crippen LogP contribution >= 0.6 is 0 Å². The van der Waals surface area contributed by atoms with Crippen LogP contribution in [0.25, 0.3) is 16.9 Å². The highest BCUT2D eigenvalue weighted by Gasteiger charge is 2.30. The largest absolute Gasteiger partial charge is 0.416 e. The third kappa shape index (κ3) is 3.66. The molecule has 0 atom stereocenters. The standard InChI is InChI=1S/C19H13F3N4O2S/c20-19(21,22)14-6-8-15(9-7-14)29(27,28)25-17-12-13-4-1-2-5-16(13)26(17)18-23-10-3-11-24-18/h1-12,25H. The van der Waals surface area contributed by atoms with Crippen LogP contribution in [0.15, 0.2) is 78.0 Å². The number of aromatic nitrogens is 3. The van der Waals surface area contributed by atoms with Crippen molar-refractivity contribution in [2.45, 2.75) is 11.1 Å². The monoisotopic (exact) mass is 418 g/mol. The minimum absolute atomic E-state index is 0.164. The van der Waals surface area contributed by atoms with Crippen molar-refractivity contribution in [3.63, 3.8) is 0 Å². The molecule has 0 fully saturated rings. The molecule has 0 aliphatic rings. The summed E-state index contributed by atoms with van der Waals surface area (Å²) in [6.45, 7) is 0. The van der Waals surface area contributed by atoms with E-state index < -0.39 is 21.8 Å². The fraction of sp³-hybridized carbons (Fsp3) is 0.0526. The first-order chi connectivity index (χ1) is 13.8. The van der Waals surface area contributed by atoms with Gasteiger partial charge in [-0.15, -0.1) is 0 Å². The van der Waals surface area contributed by atoms with E-state index in [-0.39, 0.29) is 16.7 Å². The topological polar surface area (TPSA) is 76.9 Å². The second-order valence-electron chi connectivity index (χ2n) is 6.10. The smallest absolute Gasteiger partial charge is 0.264 e. The summed E-state index contributed by atoms with van der Waals surface area (Å²) in [6, 6.07) is 13.7. The van der Waals surface area contributed by atoms with E-state index in [1.807, 2.05) is 0 Å². The quantitative estimate of drug-likeness (QED) is 0.538. The van der Waals surface area contributed by atoms with E-state index >= 15 is 0 Å². The lowest BCUT2D eigenvalue weighted by Crippen LogP contribution is -2.16. The van der Waals surface area contributed by atoms with Crippen molar-refractivity contribution >= 4 is 26.7 Å². The van der Waals surface area contributed by atoms with Crippen LogP contribution in [0.5, 0.6) is 0 Å². The highest BCUT2D eigenvalue weighted by atomic mass is 32.2. The molecule has 0 unspecified atom stereocenters. The van der Waals surface area contributed by atoms with Gasteiger partial charge in [-0.1, -0.05) is 18.2 Å². The SMILES string of the molecule is O=S(=O)(Nc1cc2ccccc2n1-c1ncccn1)c1ccc(C(F)(F)F)cc1. The minimum Gasteiger partial charge on any atom is -0.264 e. The van der Waals surface area contributed by atoms with Gasteiger partial charge in [-0.25, -0.2) is 18.4 Å². The van der Waals surface area contributed by atoms with Gasteiger partial charge in [0.25, 0.3) is 10.0 Å². The van der Waals surface area contributed by atoms with Gasteiger partial charge in [0.2, 0.25) is 5.95 Å². The minimum atomic E-state index is -4.55. The zero-order chi connectivity index (χ0) is 20.6. The highest BCUT2D eigenvalue weighted by Crippen LogP contribution is 2.31. The molecule has 10 heteroatoms. The lowest BCUT2D eigenvalue weighted by molar-refractivity contribution is -0.137. The average molecular weight is 418 g/mol. The Morgan fingerprint density at radius 1 is 0.897 bits per heavy atom. The van der Waals surface area contributed by atoms with Gasteiger partial charge in [-0.2, -0.15) is 13.2 Å². The fourth-order valence-electron chi connectivity index (χ4n) is 2.87. The molecule has 148 valence electrons. The van der Waals surface area contributed by atoms with Crippen LogP contribution in [0.1, 0.15) is 5.56 Å². The highest BCUT2D eigenvalue weighted by molar-refractivity contribution is 7.92. The second kappa shape index (κ2) is 6.89. The van der Waals surface area contributed by atoms with E-state index in [2.05, 4.69) is 14.7 Å². The fourth-order valence-corrected chi connectivity index (χ4v) is 3.91. The van der Waals surface area contributed by atoms with Crippen molar-refractivity contribution in [2.24, 2.45) is 0 Å². The van der Waals surface area contributed by atoms with Crippen molar-refractivity contribution in [2.75, 3.05) is 4.72 Å². The number of rotatable bonds is 4. The molecule has 29 heavy (non-hydrogen) atoms. The van der Waals surface area contributed by atoms with Gasteiger partial charge in [0, 0.05) is 17.8 Å². The molecule has 2 aromatic carbocycles. The Kier molecular flexibility index (Phi) is 4.50. The number of hydrogen-bond acceptors (Lipinski definition) is 4. The molecule has 0 aliphatic carbocycles. The number of sulfonamides is 1. The normalized spacial score (nSPS) is 12.2. The third-order valence-electron chi connectivity index (χ3n) is 4.19. The molecule has 1 N–H and O–H groups in total. The van der Waals surface area contributed by atoms with Crippen LogP contribution < -0.4 is 4.72 Å². The lowest BCUT2D eigenvalue weighted by Gasteiger charge is -2.12. The van der Waals surface area contributed by atoms with E-state index in [0.717, 1.165) is 29.7 Å². The van der Waals surface area contributed by atoms with Crippen LogP contribution in [-0.2, 0) is 16.2 Å². The van der Waals surface area contributed by atoms with Crippen LogP contribution in [0.2, 0.25) is 0 Å². The number of halogens is 3. The maximum Gasteiger partial charge on any atom is 0.416 e. The summed E-state index contributed by atoms with van der Waals surface area (Å²) in [5.41, 5.74) is -0.257.